The molecule has 0 heterocycles. The Hall–Kier alpha value is -0.520. The van der Waals surface area contributed by atoms with Crippen molar-refractivity contribution >= 4 is 0 Å². The van der Waals surface area contributed by atoms with E-state index in [9.17, 15) is 0 Å². The predicted molar refractivity (Wildman–Crippen MR) is 55.1 cm³/mol. The van der Waals surface area contributed by atoms with Gasteiger partial charge in [-0.15, -0.1) is 0 Å². The van der Waals surface area contributed by atoms with Crippen molar-refractivity contribution in [3.63, 3.8) is 0 Å². The molecule has 2 aliphatic rings. The Morgan fingerprint density at radius 2 is 1.67 bits per heavy atom. The van der Waals surface area contributed by atoms with Gasteiger partial charge >= 0.3 is 0 Å². The van der Waals surface area contributed by atoms with E-state index in [2.05, 4.69) is 25.2 Å². The first-order chi connectivity index (χ1) is 5.81. The molecule has 0 bridgehead atoms. The predicted octanol–water partition coefficient (Wildman–Crippen LogP) is 4.09. The average molecular weight is 164 g/mol. The fourth-order valence-electron chi connectivity index (χ4n) is 2.19. The number of hydrogen-bond acceptors (Lipinski definition) is 0. The van der Waals surface area contributed by atoms with Crippen LogP contribution < -0.4 is 0 Å². The van der Waals surface area contributed by atoms with E-state index < -0.39 is 0 Å². The van der Waals surface area contributed by atoms with Gasteiger partial charge in [-0.3, -0.25) is 0 Å². The van der Waals surface area contributed by atoms with Crippen molar-refractivity contribution in [2.24, 2.45) is 5.41 Å². The van der Waals surface area contributed by atoms with Gasteiger partial charge in [0.05, 0.1) is 0 Å². The highest BCUT2D eigenvalue weighted by Gasteiger charge is 2.33. The van der Waals surface area contributed by atoms with Crippen LogP contribution in [0.2, 0.25) is 0 Å². The van der Waals surface area contributed by atoms with Crippen LogP contribution in [0.4, 0.5) is 0 Å². The van der Waals surface area contributed by atoms with Crippen LogP contribution in [0.1, 0.15) is 46.5 Å². The fourth-order valence-corrected chi connectivity index (χ4v) is 2.19. The third-order valence-electron chi connectivity index (χ3n) is 2.81. The molecule has 0 heteroatoms. The molecule has 0 aromatic rings. The Bertz CT molecular complexity index is 188. The van der Waals surface area contributed by atoms with Gasteiger partial charge in [0, 0.05) is 0 Å². The van der Waals surface area contributed by atoms with Crippen molar-refractivity contribution in [3.05, 3.63) is 23.8 Å². The summed E-state index contributed by atoms with van der Waals surface area (Å²) in [5.41, 5.74) is 2.26. The summed E-state index contributed by atoms with van der Waals surface area (Å²) >= 11 is 0. The third kappa shape index (κ3) is 1.80. The van der Waals surface area contributed by atoms with Crippen molar-refractivity contribution in [2.75, 3.05) is 0 Å². The van der Waals surface area contributed by atoms with Crippen LogP contribution >= 0.6 is 0 Å². The van der Waals surface area contributed by atoms with Crippen molar-refractivity contribution in [3.8, 4) is 0 Å². The average Bonchev–Trinajstić information content (AvgIpc) is 2.68. The number of rotatable bonds is 0. The van der Waals surface area contributed by atoms with Gasteiger partial charge in [0.25, 0.3) is 0 Å². The molecule has 0 aromatic carbocycles. The molecule has 0 aromatic heterocycles. The third-order valence-corrected chi connectivity index (χ3v) is 2.81. The molecule has 0 radical (unpaired) electrons. The smallest absolute Gasteiger partial charge is 0.0157 e. The molecule has 0 N–H and O–H groups in total. The highest BCUT2D eigenvalue weighted by molar-refractivity contribution is 5.18. The minimum Gasteiger partial charge on any atom is -0.0879 e. The highest BCUT2D eigenvalue weighted by atomic mass is 14.4. The van der Waals surface area contributed by atoms with Crippen molar-refractivity contribution in [1.29, 1.82) is 0 Å². The Morgan fingerprint density at radius 3 is 2.08 bits per heavy atom. The van der Waals surface area contributed by atoms with Crippen LogP contribution in [0.25, 0.3) is 0 Å². The molecular weight excluding hydrogens is 144 g/mol. The minimum atomic E-state index is 0.657. The fraction of sp³-hybridized carbons (Fsp3) is 0.667. The molecule has 2 rings (SSSR count). The molecule has 0 atom stereocenters. The number of allylic oxidation sites excluding steroid dienone is 4. The Balaban J connectivity index is 0.000000336. The van der Waals surface area contributed by atoms with Gasteiger partial charge in [-0.05, 0) is 38.0 Å². The molecule has 0 saturated heterocycles. The van der Waals surface area contributed by atoms with Gasteiger partial charge in [-0.2, -0.15) is 0 Å². The summed E-state index contributed by atoms with van der Waals surface area (Å²) in [6, 6.07) is 0. The lowest BCUT2D eigenvalue weighted by Crippen LogP contribution is -2.11. The summed E-state index contributed by atoms with van der Waals surface area (Å²) in [5, 5.41) is 0. The molecule has 1 spiro atoms. The van der Waals surface area contributed by atoms with Gasteiger partial charge in [-0.25, -0.2) is 0 Å². The monoisotopic (exact) mass is 164 g/mol. The van der Waals surface area contributed by atoms with Crippen molar-refractivity contribution in [2.45, 2.75) is 46.5 Å². The first-order valence-electron chi connectivity index (χ1n) is 5.11. The molecular formula is C12H20. The molecule has 0 saturated carbocycles. The maximum Gasteiger partial charge on any atom is -0.0157 e. The van der Waals surface area contributed by atoms with Crippen LogP contribution in [0.15, 0.2) is 23.8 Å². The summed E-state index contributed by atoms with van der Waals surface area (Å²) in [4.78, 5) is 0. The normalized spacial score (nSPS) is 23.8. The lowest BCUT2D eigenvalue weighted by Gasteiger charge is -2.22. The molecule has 0 unspecified atom stereocenters. The van der Waals surface area contributed by atoms with E-state index in [4.69, 9.17) is 0 Å². The summed E-state index contributed by atoms with van der Waals surface area (Å²) in [5.74, 6) is 0. The first kappa shape index (κ1) is 9.57. The zero-order valence-electron chi connectivity index (χ0n) is 8.56. The second kappa shape index (κ2) is 3.93. The van der Waals surface area contributed by atoms with Crippen LogP contribution in [-0.4, -0.2) is 0 Å². The molecule has 68 valence electrons. The largest absolute Gasteiger partial charge is 0.0879 e. The SMILES string of the molecule is CC.CC1=CCC2(CC=CC2)C1. The first-order valence-corrected chi connectivity index (χ1v) is 5.11. The zero-order chi connectivity index (χ0) is 9.03. The van der Waals surface area contributed by atoms with E-state index in [0.29, 0.717) is 5.41 Å². The lowest BCUT2D eigenvalue weighted by atomic mass is 9.82. The van der Waals surface area contributed by atoms with Gasteiger partial charge < -0.3 is 0 Å². The second-order valence-electron chi connectivity index (χ2n) is 3.81. The standard InChI is InChI=1S/C10H14.C2H6/c1-9-4-7-10(8-9)5-2-3-6-10;1-2/h2-4H,5-8H2,1H3;1-2H3. The summed E-state index contributed by atoms with van der Waals surface area (Å²) in [6.45, 7) is 6.26. The van der Waals surface area contributed by atoms with Crippen LogP contribution in [0.5, 0.6) is 0 Å². The van der Waals surface area contributed by atoms with Gasteiger partial charge in [0.2, 0.25) is 0 Å². The quantitative estimate of drug-likeness (QED) is 0.473. The van der Waals surface area contributed by atoms with Crippen LogP contribution in [0.3, 0.4) is 0 Å². The Morgan fingerprint density at radius 1 is 1.08 bits per heavy atom. The molecule has 12 heavy (non-hydrogen) atoms. The van der Waals surface area contributed by atoms with E-state index in [-0.39, 0.29) is 0 Å². The van der Waals surface area contributed by atoms with Crippen molar-refractivity contribution in [1.82, 2.24) is 0 Å². The van der Waals surface area contributed by atoms with Gasteiger partial charge in [0.1, 0.15) is 0 Å². The highest BCUT2D eigenvalue weighted by Crippen LogP contribution is 2.46. The molecule has 0 nitrogen and oxygen atoms in total. The number of hydrogen-bond donors (Lipinski definition) is 0. The van der Waals surface area contributed by atoms with Crippen LogP contribution in [0, 0.1) is 5.41 Å². The summed E-state index contributed by atoms with van der Waals surface area (Å²) in [6.07, 6.45) is 12.4. The lowest BCUT2D eigenvalue weighted by molar-refractivity contribution is 0.334. The van der Waals surface area contributed by atoms with E-state index >= 15 is 0 Å². The van der Waals surface area contributed by atoms with Crippen molar-refractivity contribution < 1.29 is 0 Å². The topological polar surface area (TPSA) is 0 Å². The second-order valence-corrected chi connectivity index (χ2v) is 3.81. The Kier molecular flexibility index (Phi) is 3.13. The molecule has 0 amide bonds. The van der Waals surface area contributed by atoms with E-state index in [0.717, 1.165) is 0 Å². The maximum absolute atomic E-state index is 2.41. The van der Waals surface area contributed by atoms with Crippen LogP contribution in [-0.2, 0) is 0 Å². The maximum atomic E-state index is 2.41. The minimum absolute atomic E-state index is 0.657. The molecule has 0 aliphatic heterocycles. The van der Waals surface area contributed by atoms with E-state index in [1.54, 1.807) is 5.57 Å². The molecule has 2 aliphatic carbocycles. The van der Waals surface area contributed by atoms with E-state index in [1.165, 1.54) is 25.7 Å². The summed E-state index contributed by atoms with van der Waals surface area (Å²) < 4.78 is 0. The van der Waals surface area contributed by atoms with E-state index in [1.807, 2.05) is 13.8 Å². The zero-order valence-corrected chi connectivity index (χ0v) is 8.56. The summed E-state index contributed by atoms with van der Waals surface area (Å²) in [7, 11) is 0. The molecule has 0 fully saturated rings. The van der Waals surface area contributed by atoms with Gasteiger partial charge in [-0.1, -0.05) is 37.6 Å². The van der Waals surface area contributed by atoms with Gasteiger partial charge in [0.15, 0.2) is 0 Å². The Labute approximate surface area is 76.4 Å².